The van der Waals surface area contributed by atoms with Crippen LogP contribution in [0, 0.1) is 17.8 Å². The zero-order valence-electron chi connectivity index (χ0n) is 17.1. The second kappa shape index (κ2) is 9.55. The first-order valence-corrected chi connectivity index (χ1v) is 10.6. The van der Waals surface area contributed by atoms with Crippen LogP contribution in [-0.2, 0) is 0 Å². The summed E-state index contributed by atoms with van der Waals surface area (Å²) in [4.78, 5) is 8.16. The van der Waals surface area contributed by atoms with Crippen molar-refractivity contribution < 1.29 is 15.3 Å². The zero-order valence-corrected chi connectivity index (χ0v) is 17.9. The van der Waals surface area contributed by atoms with E-state index in [4.69, 9.17) is 17.3 Å². The molecule has 1 aliphatic carbocycles. The minimum absolute atomic E-state index is 0.0398. The van der Waals surface area contributed by atoms with Crippen molar-refractivity contribution >= 4 is 23.4 Å². The number of benzene rings is 2. The number of halogens is 1. The van der Waals surface area contributed by atoms with Gasteiger partial charge in [-0.1, -0.05) is 65.9 Å². The molecule has 1 fully saturated rings. The largest absolute Gasteiger partial charge is 0.396 e. The van der Waals surface area contributed by atoms with Crippen LogP contribution in [0.25, 0.3) is 11.1 Å². The lowest BCUT2D eigenvalue weighted by atomic mass is 10.0. The molecule has 1 saturated carbocycles. The van der Waals surface area contributed by atoms with Crippen molar-refractivity contribution in [3.05, 3.63) is 70.9 Å². The molecular weight excluding hydrogens is 428 g/mol. The molecule has 32 heavy (non-hydrogen) atoms. The number of aliphatic hydroxyl groups is 3. The minimum Gasteiger partial charge on any atom is -0.396 e. The van der Waals surface area contributed by atoms with E-state index in [1.807, 2.05) is 54.6 Å². The summed E-state index contributed by atoms with van der Waals surface area (Å²) in [7, 11) is 0. The lowest BCUT2D eigenvalue weighted by molar-refractivity contribution is 0.00445. The normalized spacial score (nSPS) is 22.2. The molecule has 0 bridgehead atoms. The van der Waals surface area contributed by atoms with Crippen LogP contribution >= 0.6 is 11.6 Å². The summed E-state index contributed by atoms with van der Waals surface area (Å²) in [6.07, 6.45) is -1.76. The van der Waals surface area contributed by atoms with Crippen LogP contribution in [0.4, 0.5) is 11.8 Å². The molecule has 4 rings (SSSR count). The minimum atomic E-state index is -1.08. The molecule has 0 radical (unpaired) electrons. The van der Waals surface area contributed by atoms with E-state index in [-0.39, 0.29) is 23.5 Å². The van der Waals surface area contributed by atoms with Crippen molar-refractivity contribution in [3.8, 4) is 23.0 Å². The molecule has 0 amide bonds. The highest BCUT2D eigenvalue weighted by Crippen LogP contribution is 2.30. The van der Waals surface area contributed by atoms with Gasteiger partial charge in [0.05, 0.1) is 12.1 Å². The Morgan fingerprint density at radius 2 is 1.66 bits per heavy atom. The molecule has 2 aromatic carbocycles. The quantitative estimate of drug-likeness (QED) is 0.305. The molecule has 0 unspecified atom stereocenters. The highest BCUT2D eigenvalue weighted by Gasteiger charge is 2.41. The first kappa shape index (κ1) is 22.1. The Hall–Kier alpha value is -3.15. The summed E-state index contributed by atoms with van der Waals surface area (Å²) in [6, 6.07) is 17.3. The summed E-state index contributed by atoms with van der Waals surface area (Å²) in [6.45, 7) is -0.227. The second-order valence-electron chi connectivity index (χ2n) is 7.70. The van der Waals surface area contributed by atoms with Crippen molar-refractivity contribution in [1.82, 2.24) is 9.97 Å². The fraction of sp³-hybridized carbons (Fsp3) is 0.250. The summed E-state index contributed by atoms with van der Waals surface area (Å²) in [5.74, 6) is 5.84. The van der Waals surface area contributed by atoms with E-state index in [0.29, 0.717) is 12.0 Å². The number of rotatable bonds is 4. The number of hydrogen-bond acceptors (Lipinski definition) is 7. The van der Waals surface area contributed by atoms with Crippen LogP contribution in [-0.4, -0.2) is 50.1 Å². The van der Waals surface area contributed by atoms with Gasteiger partial charge in [0.25, 0.3) is 0 Å². The van der Waals surface area contributed by atoms with Crippen molar-refractivity contribution in [2.45, 2.75) is 24.7 Å². The summed E-state index contributed by atoms with van der Waals surface area (Å²) >= 11 is 6.29. The topological polar surface area (TPSA) is 125 Å². The molecule has 0 spiro atoms. The van der Waals surface area contributed by atoms with Crippen LogP contribution in [0.15, 0.2) is 54.6 Å². The highest BCUT2D eigenvalue weighted by molar-refractivity contribution is 6.31. The number of nitrogens with two attached hydrogens (primary N) is 1. The fourth-order valence-corrected chi connectivity index (χ4v) is 4.02. The maximum atomic E-state index is 10.3. The van der Waals surface area contributed by atoms with E-state index in [2.05, 4.69) is 27.1 Å². The lowest BCUT2D eigenvalue weighted by Crippen LogP contribution is -2.35. The van der Waals surface area contributed by atoms with Crippen LogP contribution in [0.2, 0.25) is 5.15 Å². The monoisotopic (exact) mass is 450 g/mol. The third-order valence-electron chi connectivity index (χ3n) is 5.56. The molecule has 0 aliphatic heterocycles. The van der Waals surface area contributed by atoms with Crippen LogP contribution in [0.5, 0.6) is 0 Å². The van der Waals surface area contributed by atoms with Gasteiger partial charge in [0, 0.05) is 18.1 Å². The number of nitrogen functional groups attached to an aromatic ring is 1. The first-order chi connectivity index (χ1) is 15.5. The number of hydrogen-bond donors (Lipinski definition) is 5. The third kappa shape index (κ3) is 4.69. The van der Waals surface area contributed by atoms with Crippen molar-refractivity contribution in [1.29, 1.82) is 0 Å². The molecule has 7 nitrogen and oxygen atoms in total. The van der Waals surface area contributed by atoms with Gasteiger partial charge in [0.1, 0.15) is 17.5 Å². The third-order valence-corrected chi connectivity index (χ3v) is 5.84. The number of nitrogens with zero attached hydrogens (tertiary/aromatic N) is 2. The smallest absolute Gasteiger partial charge is 0.223 e. The van der Waals surface area contributed by atoms with Gasteiger partial charge in [-0.15, -0.1) is 0 Å². The number of aromatic nitrogens is 2. The fourth-order valence-electron chi connectivity index (χ4n) is 3.80. The Bertz CT molecular complexity index is 1150. The zero-order chi connectivity index (χ0) is 22.7. The Morgan fingerprint density at radius 3 is 2.31 bits per heavy atom. The van der Waals surface area contributed by atoms with Gasteiger partial charge in [-0.05, 0) is 29.7 Å². The molecule has 1 heterocycles. The highest BCUT2D eigenvalue weighted by atomic mass is 35.5. The van der Waals surface area contributed by atoms with E-state index in [9.17, 15) is 15.3 Å². The molecule has 1 aromatic heterocycles. The molecule has 4 atom stereocenters. The maximum absolute atomic E-state index is 10.3. The maximum Gasteiger partial charge on any atom is 0.223 e. The van der Waals surface area contributed by atoms with Gasteiger partial charge in [0.2, 0.25) is 5.95 Å². The molecule has 3 aromatic rings. The van der Waals surface area contributed by atoms with E-state index < -0.39 is 24.2 Å². The first-order valence-electron chi connectivity index (χ1n) is 10.2. The SMILES string of the molecule is Nc1nc(Cl)c(C#Cc2ccc(-c3ccccc3)cc2)c(N[C@@H]2C[C@H](CO)[C@@H](O)[C@H]2O)n1. The number of anilines is 2. The van der Waals surface area contributed by atoms with Crippen molar-refractivity contribution in [3.63, 3.8) is 0 Å². The summed E-state index contributed by atoms with van der Waals surface area (Å²) in [5, 5.41) is 32.9. The van der Waals surface area contributed by atoms with Crippen molar-refractivity contribution in [2.75, 3.05) is 17.7 Å². The molecule has 164 valence electrons. The Morgan fingerprint density at radius 1 is 0.969 bits per heavy atom. The lowest BCUT2D eigenvalue weighted by Gasteiger charge is -2.19. The van der Waals surface area contributed by atoms with E-state index in [1.54, 1.807) is 0 Å². The van der Waals surface area contributed by atoms with Crippen LogP contribution in [0.3, 0.4) is 0 Å². The number of nitrogens with one attached hydrogen (secondary N) is 1. The van der Waals surface area contributed by atoms with E-state index >= 15 is 0 Å². The average molecular weight is 451 g/mol. The molecule has 8 heteroatoms. The van der Waals surface area contributed by atoms with Crippen molar-refractivity contribution in [2.24, 2.45) is 5.92 Å². The van der Waals surface area contributed by atoms with Gasteiger partial charge >= 0.3 is 0 Å². The van der Waals surface area contributed by atoms with Gasteiger partial charge < -0.3 is 26.4 Å². The Labute approximate surface area is 190 Å². The van der Waals surface area contributed by atoms with Crippen LogP contribution in [0.1, 0.15) is 17.5 Å². The standard InChI is InChI=1S/C24H23ClN4O3/c25-22-18(11-8-14-6-9-16(10-7-14)15-4-2-1-3-5-15)23(29-24(26)28-22)27-19-12-17(13-30)20(31)21(19)32/h1-7,9-10,17,19-21,30-32H,12-13H2,(H3,26,27,28,29)/t17-,19-,20-,21+/m1/s1. The molecule has 6 N–H and O–H groups in total. The van der Waals surface area contributed by atoms with Gasteiger partial charge in [-0.25, -0.2) is 0 Å². The predicted octanol–water partition coefficient (Wildman–Crippen LogP) is 2.29. The van der Waals surface area contributed by atoms with Gasteiger partial charge in [0.15, 0.2) is 5.15 Å². The second-order valence-corrected chi connectivity index (χ2v) is 8.06. The molecular formula is C24H23ClN4O3. The molecule has 0 saturated heterocycles. The molecule has 1 aliphatic rings. The average Bonchev–Trinajstić information content (AvgIpc) is 3.07. The predicted molar refractivity (Wildman–Crippen MR) is 124 cm³/mol. The van der Waals surface area contributed by atoms with E-state index in [1.165, 1.54) is 0 Å². The van der Waals surface area contributed by atoms with Crippen LogP contribution < -0.4 is 11.1 Å². The summed E-state index contributed by atoms with van der Waals surface area (Å²) < 4.78 is 0. The summed E-state index contributed by atoms with van der Waals surface area (Å²) in [5.41, 5.74) is 9.06. The Balaban J connectivity index is 1.59. The number of aliphatic hydroxyl groups excluding tert-OH is 3. The van der Waals surface area contributed by atoms with Gasteiger partial charge in [-0.2, -0.15) is 9.97 Å². The van der Waals surface area contributed by atoms with Gasteiger partial charge in [-0.3, -0.25) is 0 Å². The Kier molecular flexibility index (Phi) is 6.58. The van der Waals surface area contributed by atoms with E-state index in [0.717, 1.165) is 16.7 Å².